The molecule has 4 nitrogen and oxygen atoms in total. The van der Waals surface area contributed by atoms with E-state index in [0.29, 0.717) is 0 Å². The lowest BCUT2D eigenvalue weighted by atomic mass is 9.81. The number of aryl methyl sites for hydroxylation is 1. The van der Waals surface area contributed by atoms with Crippen molar-refractivity contribution in [3.8, 4) is 5.75 Å². The van der Waals surface area contributed by atoms with Gasteiger partial charge in [0, 0.05) is 17.3 Å². The van der Waals surface area contributed by atoms with Crippen LogP contribution < -0.4 is 15.0 Å². The largest absolute Gasteiger partial charge is 0.497 e. The fourth-order valence-electron chi connectivity index (χ4n) is 5.52. The van der Waals surface area contributed by atoms with E-state index in [1.807, 2.05) is 23.5 Å². The van der Waals surface area contributed by atoms with Gasteiger partial charge in [-0.05, 0) is 66.5 Å². The maximum Gasteiger partial charge on any atom is 0.256 e. The molecule has 158 valence electrons. The Kier molecular flexibility index (Phi) is 4.53. The number of carbonyl (C=O) groups is 1. The lowest BCUT2D eigenvalue weighted by Gasteiger charge is -2.46. The van der Waals surface area contributed by atoms with Gasteiger partial charge < -0.3 is 15.0 Å². The van der Waals surface area contributed by atoms with Gasteiger partial charge in [-0.15, -0.1) is 11.3 Å². The van der Waals surface area contributed by atoms with Gasteiger partial charge in [0.25, 0.3) is 5.91 Å². The summed E-state index contributed by atoms with van der Waals surface area (Å²) < 4.78 is 5.33. The van der Waals surface area contributed by atoms with Gasteiger partial charge >= 0.3 is 0 Å². The molecule has 1 aliphatic carbocycles. The Morgan fingerprint density at radius 1 is 1.10 bits per heavy atom. The highest BCUT2D eigenvalue weighted by molar-refractivity contribution is 7.16. The van der Waals surface area contributed by atoms with Gasteiger partial charge in [-0.1, -0.05) is 36.4 Å². The van der Waals surface area contributed by atoms with E-state index in [2.05, 4.69) is 46.6 Å². The molecule has 0 spiro atoms. The minimum absolute atomic E-state index is 0.0166. The Labute approximate surface area is 186 Å². The van der Waals surface area contributed by atoms with E-state index in [1.165, 1.54) is 45.0 Å². The van der Waals surface area contributed by atoms with Crippen molar-refractivity contribution in [2.45, 2.75) is 50.7 Å². The molecule has 3 aromatic rings. The van der Waals surface area contributed by atoms with E-state index in [0.717, 1.165) is 37.1 Å². The zero-order valence-corrected chi connectivity index (χ0v) is 18.5. The van der Waals surface area contributed by atoms with Crippen LogP contribution in [0.1, 0.15) is 56.2 Å². The Morgan fingerprint density at radius 2 is 1.90 bits per heavy atom. The number of benzene rings is 2. The molecule has 0 saturated carbocycles. The zero-order chi connectivity index (χ0) is 20.9. The van der Waals surface area contributed by atoms with Gasteiger partial charge in [-0.25, -0.2) is 0 Å². The van der Waals surface area contributed by atoms with E-state index in [-0.39, 0.29) is 18.0 Å². The maximum atomic E-state index is 13.3. The first-order valence-corrected chi connectivity index (χ1v) is 12.0. The molecule has 5 heteroatoms. The second-order valence-electron chi connectivity index (χ2n) is 8.79. The zero-order valence-electron chi connectivity index (χ0n) is 17.7. The summed E-state index contributed by atoms with van der Waals surface area (Å²) in [4.78, 5) is 17.2. The fourth-order valence-corrected chi connectivity index (χ4v) is 6.94. The maximum absolute atomic E-state index is 13.3. The van der Waals surface area contributed by atoms with Gasteiger partial charge in [0.05, 0.1) is 12.7 Å². The summed E-state index contributed by atoms with van der Waals surface area (Å²) in [6.07, 6.45) is 5.44. The van der Waals surface area contributed by atoms with Crippen LogP contribution in [0.15, 0.2) is 48.5 Å². The lowest BCUT2D eigenvalue weighted by molar-refractivity contribution is 0.0915. The first kappa shape index (κ1) is 18.9. The predicted octanol–water partition coefficient (Wildman–Crippen LogP) is 5.05. The molecule has 0 unspecified atom stereocenters. The summed E-state index contributed by atoms with van der Waals surface area (Å²) in [5.74, 6) is 1.19. The molecular formula is C26H26N2O2S. The van der Waals surface area contributed by atoms with Gasteiger partial charge in [0.1, 0.15) is 16.9 Å². The summed E-state index contributed by atoms with van der Waals surface area (Å²) in [5, 5.41) is 4.60. The highest BCUT2D eigenvalue weighted by atomic mass is 32.1. The predicted molar refractivity (Wildman–Crippen MR) is 124 cm³/mol. The van der Waals surface area contributed by atoms with Crippen molar-refractivity contribution in [3.63, 3.8) is 0 Å². The van der Waals surface area contributed by atoms with Gasteiger partial charge in [-0.2, -0.15) is 0 Å². The number of fused-ring (bicyclic) bond motifs is 6. The standard InChI is InChI=1S/C26H26N2O2S/c1-30-18-12-10-16(11-13-18)14-21-19-7-3-2-6-17(19)15-28-24(21)27-25(29)23-20-8-4-5-9-22(20)31-26(23)28/h2-3,6-7,10-13,21,24H,4-5,8-9,14-15H2,1H3,(H,27,29)/t21-,24+/m1/s1. The Bertz CT molecular complexity index is 1150. The Hall–Kier alpha value is -2.79. The molecule has 1 amide bonds. The molecular weight excluding hydrogens is 404 g/mol. The van der Waals surface area contributed by atoms with E-state index in [4.69, 9.17) is 4.74 Å². The molecule has 2 aliphatic heterocycles. The van der Waals surface area contributed by atoms with Crippen LogP contribution in [0, 0.1) is 0 Å². The number of methoxy groups -OCH3 is 1. The van der Waals surface area contributed by atoms with Crippen molar-refractivity contribution in [1.29, 1.82) is 0 Å². The minimum atomic E-state index is -0.0166. The summed E-state index contributed by atoms with van der Waals surface area (Å²) in [6.45, 7) is 0.854. The van der Waals surface area contributed by atoms with E-state index >= 15 is 0 Å². The van der Waals surface area contributed by atoms with Gasteiger partial charge in [-0.3, -0.25) is 4.79 Å². The van der Waals surface area contributed by atoms with Crippen molar-refractivity contribution in [2.24, 2.45) is 0 Å². The van der Waals surface area contributed by atoms with Crippen LogP contribution in [0.5, 0.6) is 5.75 Å². The van der Waals surface area contributed by atoms with Crippen LogP contribution in [0.3, 0.4) is 0 Å². The number of amides is 1. The quantitative estimate of drug-likeness (QED) is 0.632. The minimum Gasteiger partial charge on any atom is -0.497 e. The average molecular weight is 431 g/mol. The smallest absolute Gasteiger partial charge is 0.256 e. The molecule has 2 atom stereocenters. The SMILES string of the molecule is COc1ccc(C[C@@H]2c3ccccc3CN3c4sc5c(c4C(=O)N[C@H]23)CCCC5)cc1. The first-order chi connectivity index (χ1) is 15.2. The molecule has 1 aromatic heterocycles. The molecule has 31 heavy (non-hydrogen) atoms. The third-order valence-corrected chi connectivity index (χ3v) is 8.38. The van der Waals surface area contributed by atoms with Crippen molar-refractivity contribution in [2.75, 3.05) is 12.0 Å². The third-order valence-electron chi connectivity index (χ3n) is 7.05. The van der Waals surface area contributed by atoms with Crippen molar-refractivity contribution in [3.05, 3.63) is 81.2 Å². The van der Waals surface area contributed by atoms with Crippen molar-refractivity contribution < 1.29 is 9.53 Å². The van der Waals surface area contributed by atoms with Crippen LogP contribution in [-0.2, 0) is 25.8 Å². The summed E-state index contributed by atoms with van der Waals surface area (Å²) in [7, 11) is 1.69. The number of rotatable bonds is 3. The summed E-state index contributed by atoms with van der Waals surface area (Å²) in [5.41, 5.74) is 6.25. The molecule has 3 aliphatic rings. The number of hydrogen-bond donors (Lipinski definition) is 1. The lowest BCUT2D eigenvalue weighted by Crippen LogP contribution is -2.57. The number of thiophene rings is 1. The van der Waals surface area contributed by atoms with Gasteiger partial charge in [0.15, 0.2) is 0 Å². The molecule has 0 saturated heterocycles. The van der Waals surface area contributed by atoms with Crippen LogP contribution >= 0.6 is 11.3 Å². The van der Waals surface area contributed by atoms with Gasteiger partial charge in [0.2, 0.25) is 0 Å². The molecule has 3 heterocycles. The number of carbonyl (C=O) groups excluding carboxylic acids is 1. The Balaban J connectivity index is 1.43. The highest BCUT2D eigenvalue weighted by Crippen LogP contribution is 2.47. The second kappa shape index (κ2) is 7.41. The molecule has 0 fully saturated rings. The van der Waals surface area contributed by atoms with Crippen LogP contribution in [-0.4, -0.2) is 19.2 Å². The van der Waals surface area contributed by atoms with Crippen LogP contribution in [0.25, 0.3) is 0 Å². The normalized spacial score (nSPS) is 21.5. The summed E-state index contributed by atoms with van der Waals surface area (Å²) >= 11 is 1.86. The van der Waals surface area contributed by atoms with Crippen LogP contribution in [0.2, 0.25) is 0 Å². The molecule has 1 N–H and O–H groups in total. The monoisotopic (exact) mass is 430 g/mol. The third kappa shape index (κ3) is 3.06. The average Bonchev–Trinajstić information content (AvgIpc) is 3.21. The van der Waals surface area contributed by atoms with Crippen molar-refractivity contribution >= 4 is 22.2 Å². The van der Waals surface area contributed by atoms with Crippen molar-refractivity contribution in [1.82, 2.24) is 5.32 Å². The number of anilines is 1. The molecule has 0 radical (unpaired) electrons. The molecule has 2 aromatic carbocycles. The fraction of sp³-hybridized carbons (Fsp3) is 0.346. The van der Waals surface area contributed by atoms with E-state index in [1.54, 1.807) is 7.11 Å². The van der Waals surface area contributed by atoms with E-state index < -0.39 is 0 Å². The number of ether oxygens (including phenoxy) is 1. The number of nitrogens with zero attached hydrogens (tertiary/aromatic N) is 1. The molecule has 0 bridgehead atoms. The second-order valence-corrected chi connectivity index (χ2v) is 9.88. The van der Waals surface area contributed by atoms with E-state index in [9.17, 15) is 4.79 Å². The van der Waals surface area contributed by atoms with Crippen LogP contribution in [0.4, 0.5) is 5.00 Å². The highest BCUT2D eigenvalue weighted by Gasteiger charge is 2.43. The first-order valence-electron chi connectivity index (χ1n) is 11.2. The summed E-state index contributed by atoms with van der Waals surface area (Å²) in [6, 6.07) is 17.1. The topological polar surface area (TPSA) is 41.6 Å². The number of hydrogen-bond acceptors (Lipinski definition) is 4. The number of nitrogens with one attached hydrogen (secondary N) is 1. The molecule has 6 rings (SSSR count). The Morgan fingerprint density at radius 3 is 2.74 bits per heavy atom.